The standard InChI is InChI=1S/C11H20N2O3/c1-11(2,3)16-10(14)13-5-7-4-8(12)9(6-13)15-7/h7-9H,4-6,12H2,1-3H3/t7-,8+,9-/m1/s1. The van der Waals surface area contributed by atoms with E-state index >= 15 is 0 Å². The summed E-state index contributed by atoms with van der Waals surface area (Å²) in [5, 5.41) is 0. The molecule has 3 atom stereocenters. The number of hydrogen-bond donors (Lipinski definition) is 1. The van der Waals surface area contributed by atoms with E-state index in [-0.39, 0.29) is 24.3 Å². The van der Waals surface area contributed by atoms with E-state index in [9.17, 15) is 4.79 Å². The van der Waals surface area contributed by atoms with Gasteiger partial charge in [-0.1, -0.05) is 0 Å². The third-order valence-electron chi connectivity index (χ3n) is 2.86. The summed E-state index contributed by atoms with van der Waals surface area (Å²) < 4.78 is 11.0. The lowest BCUT2D eigenvalue weighted by Crippen LogP contribution is -2.49. The summed E-state index contributed by atoms with van der Waals surface area (Å²) in [7, 11) is 0. The van der Waals surface area contributed by atoms with Gasteiger partial charge in [-0.25, -0.2) is 4.79 Å². The molecule has 16 heavy (non-hydrogen) atoms. The van der Waals surface area contributed by atoms with Crippen LogP contribution in [0.1, 0.15) is 27.2 Å². The molecule has 2 rings (SSSR count). The minimum Gasteiger partial charge on any atom is -0.444 e. The molecule has 2 fully saturated rings. The van der Waals surface area contributed by atoms with Gasteiger partial charge in [0.15, 0.2) is 0 Å². The molecule has 0 saturated carbocycles. The fourth-order valence-corrected chi connectivity index (χ4v) is 2.17. The molecule has 0 aliphatic carbocycles. The Morgan fingerprint density at radius 1 is 1.44 bits per heavy atom. The third-order valence-corrected chi connectivity index (χ3v) is 2.86. The number of nitrogens with zero attached hydrogens (tertiary/aromatic N) is 1. The van der Waals surface area contributed by atoms with Crippen molar-refractivity contribution in [2.75, 3.05) is 13.1 Å². The maximum atomic E-state index is 11.8. The number of fused-ring (bicyclic) bond motifs is 2. The SMILES string of the molecule is CC(C)(C)OC(=O)N1C[C@H]2C[C@H](N)[C@@H](C1)O2. The van der Waals surface area contributed by atoms with Crippen molar-refractivity contribution in [2.24, 2.45) is 5.73 Å². The molecule has 92 valence electrons. The van der Waals surface area contributed by atoms with Crippen LogP contribution in [-0.4, -0.2) is 47.9 Å². The van der Waals surface area contributed by atoms with Crippen LogP contribution in [0.25, 0.3) is 0 Å². The fraction of sp³-hybridized carbons (Fsp3) is 0.909. The van der Waals surface area contributed by atoms with E-state index in [1.54, 1.807) is 4.90 Å². The van der Waals surface area contributed by atoms with E-state index < -0.39 is 5.60 Å². The molecule has 0 aromatic rings. The van der Waals surface area contributed by atoms with Crippen LogP contribution < -0.4 is 5.73 Å². The molecule has 5 nitrogen and oxygen atoms in total. The summed E-state index contributed by atoms with van der Waals surface area (Å²) >= 11 is 0. The van der Waals surface area contributed by atoms with Gasteiger partial charge in [0.2, 0.25) is 0 Å². The van der Waals surface area contributed by atoms with E-state index in [2.05, 4.69) is 0 Å². The van der Waals surface area contributed by atoms with Gasteiger partial charge < -0.3 is 20.1 Å². The summed E-state index contributed by atoms with van der Waals surface area (Å²) in [4.78, 5) is 13.6. The topological polar surface area (TPSA) is 64.8 Å². The first-order valence-electron chi connectivity index (χ1n) is 5.74. The van der Waals surface area contributed by atoms with Gasteiger partial charge in [0.1, 0.15) is 5.60 Å². The van der Waals surface area contributed by atoms with Gasteiger partial charge in [0.05, 0.1) is 25.3 Å². The number of rotatable bonds is 0. The molecule has 2 aliphatic rings. The highest BCUT2D eigenvalue weighted by Gasteiger charge is 2.41. The van der Waals surface area contributed by atoms with E-state index in [0.29, 0.717) is 13.1 Å². The number of ether oxygens (including phenoxy) is 2. The number of carbonyl (C=O) groups is 1. The number of likely N-dealkylation sites (tertiary alicyclic amines) is 1. The highest BCUT2D eigenvalue weighted by Crippen LogP contribution is 2.26. The van der Waals surface area contributed by atoms with Gasteiger partial charge in [0.25, 0.3) is 0 Å². The predicted molar refractivity (Wildman–Crippen MR) is 59.1 cm³/mol. The van der Waals surface area contributed by atoms with Gasteiger partial charge in [-0.2, -0.15) is 0 Å². The summed E-state index contributed by atoms with van der Waals surface area (Å²) in [6, 6.07) is 0.0532. The average Bonchev–Trinajstić information content (AvgIpc) is 2.37. The number of morpholine rings is 1. The Balaban J connectivity index is 1.94. The first-order chi connectivity index (χ1) is 7.35. The van der Waals surface area contributed by atoms with Crippen molar-refractivity contribution in [3.63, 3.8) is 0 Å². The molecule has 2 aliphatic heterocycles. The lowest BCUT2D eigenvalue weighted by molar-refractivity contribution is -0.0510. The van der Waals surface area contributed by atoms with Crippen LogP contribution in [0.4, 0.5) is 4.79 Å². The fourth-order valence-electron chi connectivity index (χ4n) is 2.17. The second-order valence-electron chi connectivity index (χ2n) is 5.58. The number of nitrogens with two attached hydrogens (primary N) is 1. The zero-order valence-electron chi connectivity index (χ0n) is 10.1. The Labute approximate surface area is 95.9 Å². The van der Waals surface area contributed by atoms with Gasteiger partial charge >= 0.3 is 6.09 Å². The van der Waals surface area contributed by atoms with Gasteiger partial charge in [-0.3, -0.25) is 0 Å². The van der Waals surface area contributed by atoms with Crippen molar-refractivity contribution < 1.29 is 14.3 Å². The Morgan fingerprint density at radius 3 is 2.69 bits per heavy atom. The van der Waals surface area contributed by atoms with E-state index in [1.807, 2.05) is 20.8 Å². The quantitative estimate of drug-likeness (QED) is 0.663. The highest BCUT2D eigenvalue weighted by molar-refractivity contribution is 5.68. The van der Waals surface area contributed by atoms with Crippen molar-refractivity contribution >= 4 is 6.09 Å². The zero-order chi connectivity index (χ0) is 11.9. The summed E-state index contributed by atoms with van der Waals surface area (Å²) in [6.45, 7) is 6.74. The van der Waals surface area contributed by atoms with Crippen molar-refractivity contribution in [1.29, 1.82) is 0 Å². The molecular formula is C11H20N2O3. The Kier molecular flexibility index (Phi) is 2.84. The van der Waals surface area contributed by atoms with Crippen molar-refractivity contribution in [2.45, 2.75) is 51.0 Å². The minimum absolute atomic E-state index is 0.0220. The van der Waals surface area contributed by atoms with Crippen LogP contribution in [0.15, 0.2) is 0 Å². The van der Waals surface area contributed by atoms with Gasteiger partial charge in [-0.05, 0) is 27.2 Å². The number of amides is 1. The van der Waals surface area contributed by atoms with E-state index in [1.165, 1.54) is 0 Å². The maximum Gasteiger partial charge on any atom is 0.410 e. The summed E-state index contributed by atoms with van der Waals surface area (Å²) in [5.74, 6) is 0. The Hall–Kier alpha value is -0.810. The Morgan fingerprint density at radius 2 is 2.12 bits per heavy atom. The number of hydrogen-bond acceptors (Lipinski definition) is 4. The Bertz CT molecular complexity index is 285. The van der Waals surface area contributed by atoms with Crippen LogP contribution in [0, 0.1) is 0 Å². The van der Waals surface area contributed by atoms with Crippen molar-refractivity contribution in [1.82, 2.24) is 4.90 Å². The molecule has 1 amide bonds. The molecule has 2 N–H and O–H groups in total. The maximum absolute atomic E-state index is 11.8. The molecular weight excluding hydrogens is 208 g/mol. The molecule has 2 bridgehead atoms. The van der Waals surface area contributed by atoms with Crippen molar-refractivity contribution in [3.05, 3.63) is 0 Å². The third kappa shape index (κ3) is 2.47. The normalized spacial score (nSPS) is 34.0. The minimum atomic E-state index is -0.448. The first-order valence-corrected chi connectivity index (χ1v) is 5.74. The highest BCUT2D eigenvalue weighted by atomic mass is 16.6. The largest absolute Gasteiger partial charge is 0.444 e. The smallest absolute Gasteiger partial charge is 0.410 e. The molecule has 0 spiro atoms. The molecule has 0 aromatic carbocycles. The van der Waals surface area contributed by atoms with E-state index in [4.69, 9.17) is 15.2 Å². The first kappa shape index (κ1) is 11.7. The van der Waals surface area contributed by atoms with Crippen molar-refractivity contribution in [3.8, 4) is 0 Å². The second-order valence-corrected chi connectivity index (χ2v) is 5.58. The molecule has 2 heterocycles. The lowest BCUT2D eigenvalue weighted by Gasteiger charge is -2.33. The van der Waals surface area contributed by atoms with Crippen LogP contribution in [0.3, 0.4) is 0 Å². The average molecular weight is 228 g/mol. The zero-order valence-corrected chi connectivity index (χ0v) is 10.1. The monoisotopic (exact) mass is 228 g/mol. The van der Waals surface area contributed by atoms with Gasteiger partial charge in [-0.15, -0.1) is 0 Å². The number of carbonyl (C=O) groups excluding carboxylic acids is 1. The predicted octanol–water partition coefficient (Wildman–Crippen LogP) is 0.722. The van der Waals surface area contributed by atoms with E-state index in [0.717, 1.165) is 6.42 Å². The second kappa shape index (κ2) is 3.89. The van der Waals surface area contributed by atoms with Crippen LogP contribution in [-0.2, 0) is 9.47 Å². The van der Waals surface area contributed by atoms with Crippen LogP contribution >= 0.6 is 0 Å². The lowest BCUT2D eigenvalue weighted by atomic mass is 10.1. The summed E-state index contributed by atoms with van der Waals surface area (Å²) in [5.41, 5.74) is 5.46. The summed E-state index contributed by atoms with van der Waals surface area (Å²) in [6.07, 6.45) is 0.636. The molecule has 2 saturated heterocycles. The molecule has 5 heteroatoms. The van der Waals surface area contributed by atoms with Gasteiger partial charge in [0, 0.05) is 6.04 Å². The van der Waals surface area contributed by atoms with Crippen LogP contribution in [0.2, 0.25) is 0 Å². The molecule has 0 aromatic heterocycles. The molecule has 0 radical (unpaired) electrons. The molecule has 0 unspecified atom stereocenters. The van der Waals surface area contributed by atoms with Crippen LogP contribution in [0.5, 0.6) is 0 Å².